The van der Waals surface area contributed by atoms with E-state index in [1.54, 1.807) is 12.3 Å². The van der Waals surface area contributed by atoms with E-state index in [0.717, 1.165) is 31.7 Å². The molecule has 3 nitrogen and oxygen atoms in total. The minimum Gasteiger partial charge on any atom is -0.314 e. The third-order valence-corrected chi connectivity index (χ3v) is 3.90. The van der Waals surface area contributed by atoms with Gasteiger partial charge in [0.1, 0.15) is 4.60 Å². The number of hydrogen-bond donors (Lipinski definition) is 1. The Morgan fingerprint density at radius 1 is 1.23 bits per heavy atom. The van der Waals surface area contributed by atoms with E-state index >= 15 is 0 Å². The maximum atomic E-state index is 12.5. The fourth-order valence-electron chi connectivity index (χ4n) is 2.44. The minimum atomic E-state index is -4.12. The van der Waals surface area contributed by atoms with E-state index in [4.69, 9.17) is 0 Å². The lowest BCUT2D eigenvalue weighted by Gasteiger charge is -2.35. The van der Waals surface area contributed by atoms with Crippen molar-refractivity contribution >= 4 is 40.7 Å². The summed E-state index contributed by atoms with van der Waals surface area (Å²) in [6.45, 7) is 3.15. The van der Waals surface area contributed by atoms with Gasteiger partial charge in [-0.2, -0.15) is 13.2 Å². The fourth-order valence-corrected chi connectivity index (χ4v) is 2.67. The number of aromatic nitrogens is 1. The van der Waals surface area contributed by atoms with Crippen molar-refractivity contribution in [3.63, 3.8) is 0 Å². The van der Waals surface area contributed by atoms with E-state index in [1.165, 1.54) is 0 Å². The maximum absolute atomic E-state index is 12.5. The van der Waals surface area contributed by atoms with Gasteiger partial charge < -0.3 is 5.32 Å². The molecular formula is C13H19BrCl2F3N3. The highest BCUT2D eigenvalue weighted by Crippen LogP contribution is 2.31. The average molecular weight is 425 g/mol. The summed E-state index contributed by atoms with van der Waals surface area (Å²) in [5, 5.41) is 3.22. The highest BCUT2D eigenvalue weighted by Gasteiger charge is 2.31. The van der Waals surface area contributed by atoms with Crippen LogP contribution in [0.25, 0.3) is 0 Å². The highest BCUT2D eigenvalue weighted by atomic mass is 79.9. The van der Waals surface area contributed by atoms with Crippen molar-refractivity contribution in [3.8, 4) is 0 Å². The predicted octanol–water partition coefficient (Wildman–Crippen LogP) is 3.98. The Balaban J connectivity index is 0.00000220. The Morgan fingerprint density at radius 2 is 1.86 bits per heavy atom. The predicted molar refractivity (Wildman–Crippen MR) is 88.9 cm³/mol. The second kappa shape index (κ2) is 9.93. The third-order valence-electron chi connectivity index (χ3n) is 3.43. The van der Waals surface area contributed by atoms with Crippen molar-refractivity contribution in [1.29, 1.82) is 0 Å². The largest absolute Gasteiger partial charge is 0.389 e. The normalized spacial score (nSPS) is 17.3. The van der Waals surface area contributed by atoms with E-state index in [-0.39, 0.29) is 37.3 Å². The molecule has 1 saturated heterocycles. The minimum absolute atomic E-state index is 0. The summed E-state index contributed by atoms with van der Waals surface area (Å²) in [4.78, 5) is 6.24. The van der Waals surface area contributed by atoms with Crippen LogP contribution in [0.2, 0.25) is 0 Å². The molecule has 2 rings (SSSR count). The van der Waals surface area contributed by atoms with Crippen LogP contribution < -0.4 is 5.32 Å². The van der Waals surface area contributed by atoms with Gasteiger partial charge in [0.2, 0.25) is 0 Å². The second-order valence-electron chi connectivity index (χ2n) is 4.87. The van der Waals surface area contributed by atoms with Crippen LogP contribution in [0.1, 0.15) is 24.4 Å². The van der Waals surface area contributed by atoms with Gasteiger partial charge in [-0.3, -0.25) is 4.90 Å². The Labute approximate surface area is 149 Å². The molecule has 128 valence electrons. The van der Waals surface area contributed by atoms with Crippen molar-refractivity contribution < 1.29 is 13.2 Å². The Bertz CT molecular complexity index is 426. The van der Waals surface area contributed by atoms with Crippen molar-refractivity contribution in [3.05, 3.63) is 28.5 Å². The van der Waals surface area contributed by atoms with Gasteiger partial charge in [-0.25, -0.2) is 4.98 Å². The van der Waals surface area contributed by atoms with E-state index in [0.29, 0.717) is 4.60 Å². The lowest BCUT2D eigenvalue weighted by molar-refractivity contribution is -0.138. The number of nitrogens with one attached hydrogen (secondary N) is 1. The lowest BCUT2D eigenvalue weighted by atomic mass is 10.0. The molecule has 0 bridgehead atoms. The summed E-state index contributed by atoms with van der Waals surface area (Å²) in [5.74, 6) is 0. The molecule has 1 N–H and O–H groups in total. The van der Waals surface area contributed by atoms with Crippen LogP contribution >= 0.6 is 40.7 Å². The molecule has 0 amide bonds. The van der Waals surface area contributed by atoms with Gasteiger partial charge in [0.15, 0.2) is 0 Å². The van der Waals surface area contributed by atoms with Gasteiger partial charge in [-0.1, -0.05) is 6.07 Å². The van der Waals surface area contributed by atoms with Gasteiger partial charge in [-0.05, 0) is 34.0 Å². The molecule has 1 fully saturated rings. The first-order chi connectivity index (χ1) is 9.46. The zero-order valence-electron chi connectivity index (χ0n) is 11.8. The first kappa shape index (κ1) is 21.9. The number of pyridine rings is 1. The van der Waals surface area contributed by atoms with Gasteiger partial charge in [0.05, 0.1) is 0 Å². The number of hydrogen-bond acceptors (Lipinski definition) is 3. The lowest BCUT2D eigenvalue weighted by Crippen LogP contribution is -2.45. The van der Waals surface area contributed by atoms with Crippen molar-refractivity contribution in [2.75, 3.05) is 26.2 Å². The summed E-state index contributed by atoms with van der Waals surface area (Å²) < 4.78 is 38.2. The zero-order valence-corrected chi connectivity index (χ0v) is 15.0. The number of rotatable bonds is 4. The van der Waals surface area contributed by atoms with Crippen LogP contribution in [-0.4, -0.2) is 42.2 Å². The first-order valence-corrected chi connectivity index (χ1v) is 7.38. The number of alkyl halides is 3. The molecule has 1 aromatic heterocycles. The monoisotopic (exact) mass is 423 g/mol. The van der Waals surface area contributed by atoms with Gasteiger partial charge in [-0.15, -0.1) is 24.8 Å². The Hall–Kier alpha value is -0.0800. The molecule has 9 heteroatoms. The molecule has 0 aliphatic carbocycles. The summed E-state index contributed by atoms with van der Waals surface area (Å²) in [5.41, 5.74) is 0.847. The average Bonchev–Trinajstić information content (AvgIpc) is 2.41. The number of piperazine rings is 1. The van der Waals surface area contributed by atoms with Crippen molar-refractivity contribution in [2.24, 2.45) is 0 Å². The van der Waals surface area contributed by atoms with Gasteiger partial charge in [0, 0.05) is 44.8 Å². The van der Waals surface area contributed by atoms with E-state index in [9.17, 15) is 13.2 Å². The van der Waals surface area contributed by atoms with Crippen molar-refractivity contribution in [2.45, 2.75) is 25.1 Å². The van der Waals surface area contributed by atoms with Crippen LogP contribution in [0.4, 0.5) is 13.2 Å². The quantitative estimate of drug-likeness (QED) is 0.741. The van der Waals surface area contributed by atoms with Crippen LogP contribution in [0, 0.1) is 0 Å². The number of halogens is 6. The molecule has 0 saturated carbocycles. The molecule has 22 heavy (non-hydrogen) atoms. The van der Waals surface area contributed by atoms with Crippen LogP contribution in [0.5, 0.6) is 0 Å². The first-order valence-electron chi connectivity index (χ1n) is 6.59. The van der Waals surface area contributed by atoms with E-state index < -0.39 is 12.6 Å². The van der Waals surface area contributed by atoms with E-state index in [2.05, 4.69) is 31.1 Å². The molecule has 1 aliphatic rings. The van der Waals surface area contributed by atoms with Crippen LogP contribution in [0.3, 0.4) is 0 Å². The summed E-state index contributed by atoms with van der Waals surface area (Å²) in [6.07, 6.45) is -3.15. The third kappa shape index (κ3) is 7.00. The number of nitrogens with zero attached hydrogens (tertiary/aromatic N) is 2. The fraction of sp³-hybridized carbons (Fsp3) is 0.615. The summed E-state index contributed by atoms with van der Waals surface area (Å²) in [6, 6.07) is 3.40. The SMILES string of the molecule is Cl.Cl.FC(F)(F)CC[C@@H](c1ccc(Br)nc1)N1CCNCC1. The highest BCUT2D eigenvalue weighted by molar-refractivity contribution is 9.10. The molecule has 2 heterocycles. The zero-order chi connectivity index (χ0) is 14.6. The molecule has 1 aliphatic heterocycles. The summed E-state index contributed by atoms with van der Waals surface area (Å²) >= 11 is 3.25. The van der Waals surface area contributed by atoms with Crippen molar-refractivity contribution in [1.82, 2.24) is 15.2 Å². The summed E-state index contributed by atoms with van der Waals surface area (Å²) in [7, 11) is 0. The molecule has 0 spiro atoms. The molecule has 0 aromatic carbocycles. The standard InChI is InChI=1S/C13H17BrF3N3.2ClH/c14-12-2-1-10(9-19-12)11(3-4-13(15,16)17)20-7-5-18-6-8-20;;/h1-2,9,11,18H,3-8H2;2*1H/t11-;;/m0../s1. The molecule has 0 unspecified atom stereocenters. The molecule has 1 atom stereocenters. The molecule has 0 radical (unpaired) electrons. The second-order valence-corrected chi connectivity index (χ2v) is 5.68. The Kier molecular flexibility index (Phi) is 9.89. The van der Waals surface area contributed by atoms with Gasteiger partial charge >= 0.3 is 6.18 Å². The molecule has 1 aromatic rings. The molecular weight excluding hydrogens is 406 g/mol. The van der Waals surface area contributed by atoms with Gasteiger partial charge in [0.25, 0.3) is 0 Å². The van der Waals surface area contributed by atoms with Crippen LogP contribution in [0.15, 0.2) is 22.9 Å². The smallest absolute Gasteiger partial charge is 0.314 e. The van der Waals surface area contributed by atoms with Crippen LogP contribution in [-0.2, 0) is 0 Å². The van der Waals surface area contributed by atoms with E-state index in [1.807, 2.05) is 6.07 Å². The topological polar surface area (TPSA) is 28.2 Å². The Morgan fingerprint density at radius 3 is 2.36 bits per heavy atom. The maximum Gasteiger partial charge on any atom is 0.389 e.